The van der Waals surface area contributed by atoms with Gasteiger partial charge in [-0.25, -0.2) is 4.79 Å². The van der Waals surface area contributed by atoms with Gasteiger partial charge in [-0.05, 0) is 101 Å². The van der Waals surface area contributed by atoms with Gasteiger partial charge in [0.15, 0.2) is 5.78 Å². The molecule has 13 nitrogen and oxygen atoms in total. The second kappa shape index (κ2) is 15.2. The summed E-state index contributed by atoms with van der Waals surface area (Å²) in [5.41, 5.74) is -2.28. The molecule has 4 rings (SSSR count). The maximum atomic E-state index is 15.2. The summed E-state index contributed by atoms with van der Waals surface area (Å²) < 4.78 is 22.0. The third kappa shape index (κ3) is 7.97. The zero-order valence-electron chi connectivity index (χ0n) is 31.2. The molecule has 0 aromatic rings. The fraction of sp³-hybridized carbons (Fsp3) is 0.838. The van der Waals surface area contributed by atoms with Gasteiger partial charge in [-0.1, -0.05) is 20.8 Å². The van der Waals surface area contributed by atoms with E-state index in [1.54, 1.807) is 20.8 Å². The molecule has 3 N–H and O–H groups in total. The Balaban J connectivity index is 1.78. The van der Waals surface area contributed by atoms with Crippen LogP contribution in [0.2, 0.25) is 0 Å². The Morgan fingerprint density at radius 3 is 2.24 bits per heavy atom. The number of aliphatic hydroxyl groups excluding tert-OH is 1. The minimum absolute atomic E-state index is 0.0294. The van der Waals surface area contributed by atoms with Crippen molar-refractivity contribution in [2.24, 2.45) is 46.3 Å². The first-order valence-electron chi connectivity index (χ1n) is 18.1. The summed E-state index contributed by atoms with van der Waals surface area (Å²) in [5.74, 6) is -3.15. The van der Waals surface area contributed by atoms with E-state index in [1.807, 2.05) is 13.8 Å². The molecule has 2 amide bonds. The average Bonchev–Trinajstić information content (AvgIpc) is 3.37. The molecule has 0 aliphatic heterocycles. The lowest BCUT2D eigenvalue weighted by atomic mass is 9.42. The first-order chi connectivity index (χ1) is 23.3. The molecule has 0 aromatic heterocycles. The number of hydrogen-bond acceptors (Lipinski definition) is 11. The van der Waals surface area contributed by atoms with E-state index in [2.05, 4.69) is 17.6 Å². The van der Waals surface area contributed by atoms with Crippen LogP contribution in [-0.4, -0.2) is 84.4 Å². The van der Waals surface area contributed by atoms with Gasteiger partial charge in [-0.3, -0.25) is 24.0 Å². The Kier molecular flexibility index (Phi) is 12.0. The highest BCUT2D eigenvalue weighted by molar-refractivity contribution is 5.96. The molecule has 0 spiro atoms. The Labute approximate surface area is 295 Å². The van der Waals surface area contributed by atoms with E-state index in [-0.39, 0.29) is 59.8 Å². The van der Waals surface area contributed by atoms with E-state index < -0.39 is 65.1 Å². The summed E-state index contributed by atoms with van der Waals surface area (Å²) in [6.07, 6.45) is 2.66. The van der Waals surface area contributed by atoms with Crippen molar-refractivity contribution in [2.45, 2.75) is 137 Å². The highest BCUT2D eigenvalue weighted by Gasteiger charge is 2.70. The Hall–Kier alpha value is -3.22. The molecule has 12 atom stereocenters. The van der Waals surface area contributed by atoms with Crippen LogP contribution in [0.3, 0.4) is 0 Å². The maximum Gasteiger partial charge on any atom is 0.408 e. The highest BCUT2D eigenvalue weighted by Crippen LogP contribution is 2.68. The van der Waals surface area contributed by atoms with E-state index in [1.165, 1.54) is 21.0 Å². The van der Waals surface area contributed by atoms with Crippen molar-refractivity contribution in [1.29, 1.82) is 0 Å². The zero-order chi connectivity index (χ0) is 37.3. The minimum Gasteiger partial charge on any atom is -0.469 e. The Bertz CT molecular complexity index is 1330. The lowest BCUT2D eigenvalue weighted by Gasteiger charge is -2.64. The van der Waals surface area contributed by atoms with Gasteiger partial charge < -0.3 is 34.7 Å². The number of aliphatic hydroxyl groups is 1. The van der Waals surface area contributed by atoms with E-state index in [0.29, 0.717) is 38.5 Å². The largest absolute Gasteiger partial charge is 0.469 e. The van der Waals surface area contributed by atoms with E-state index >= 15 is 4.79 Å². The number of alkyl carbamates (subject to hydrolysis) is 1. The summed E-state index contributed by atoms with van der Waals surface area (Å²) >= 11 is 0. The third-order valence-corrected chi connectivity index (χ3v) is 12.4. The molecule has 0 radical (unpaired) electrons. The molecule has 4 aliphatic carbocycles. The van der Waals surface area contributed by atoms with Crippen molar-refractivity contribution >= 4 is 35.7 Å². The van der Waals surface area contributed by atoms with Crippen LogP contribution in [0.25, 0.3) is 0 Å². The lowest BCUT2D eigenvalue weighted by molar-refractivity contribution is -0.203. The van der Waals surface area contributed by atoms with Crippen LogP contribution in [0.1, 0.15) is 107 Å². The summed E-state index contributed by atoms with van der Waals surface area (Å²) in [4.78, 5) is 78.6. The molecule has 0 aromatic carbocycles. The number of Topliss-reactive ketones (excluding diaryl/α,β-unsaturated/α-hetero) is 1. The van der Waals surface area contributed by atoms with Crippen LogP contribution in [0, 0.1) is 46.3 Å². The van der Waals surface area contributed by atoms with E-state index in [9.17, 15) is 29.1 Å². The van der Waals surface area contributed by atoms with Crippen LogP contribution in [0.5, 0.6) is 0 Å². The number of ether oxygens (including phenoxy) is 4. The SMILES string of the molecule is COC(=O)CC[C@@H](C)[C@H]1CC[C@H]2[C@H]3[C@H]([C@H](NC(=O)C(CO)NC(=O)OC(C)(C)C)C(=O)[C@]12C)[C@@]1(C)CC[C@@H](OC(C)=O)C[C@H]1C[C@H]3OC(C)=O. The molecule has 13 heteroatoms. The van der Waals surface area contributed by atoms with Gasteiger partial charge >= 0.3 is 24.0 Å². The van der Waals surface area contributed by atoms with Crippen molar-refractivity contribution in [1.82, 2.24) is 10.6 Å². The lowest BCUT2D eigenvalue weighted by Crippen LogP contribution is -2.71. The molecule has 4 fully saturated rings. The zero-order valence-corrected chi connectivity index (χ0v) is 31.2. The summed E-state index contributed by atoms with van der Waals surface area (Å²) in [6.45, 7) is 13.2. The molecule has 4 saturated carbocycles. The van der Waals surface area contributed by atoms with Gasteiger partial charge in [0, 0.05) is 31.6 Å². The number of fused-ring (bicyclic) bond motifs is 5. The topological polar surface area (TPSA) is 184 Å². The quantitative estimate of drug-likeness (QED) is 0.221. The van der Waals surface area contributed by atoms with Gasteiger partial charge in [-0.15, -0.1) is 0 Å². The third-order valence-electron chi connectivity index (χ3n) is 12.4. The maximum absolute atomic E-state index is 15.2. The number of nitrogens with one attached hydrogen (secondary N) is 2. The molecule has 50 heavy (non-hydrogen) atoms. The van der Waals surface area contributed by atoms with E-state index in [4.69, 9.17) is 18.9 Å². The predicted molar refractivity (Wildman–Crippen MR) is 180 cm³/mol. The monoisotopic (exact) mass is 706 g/mol. The molecular formula is C37H58N2O11. The van der Waals surface area contributed by atoms with Gasteiger partial charge in [0.1, 0.15) is 23.9 Å². The average molecular weight is 707 g/mol. The smallest absolute Gasteiger partial charge is 0.408 e. The van der Waals surface area contributed by atoms with Gasteiger partial charge in [0.05, 0.1) is 19.8 Å². The second-order valence-corrected chi connectivity index (χ2v) is 16.6. The molecule has 4 aliphatic rings. The first-order valence-corrected chi connectivity index (χ1v) is 18.1. The summed E-state index contributed by atoms with van der Waals surface area (Å²) in [6, 6.07) is -2.43. The first kappa shape index (κ1) is 39.6. The Morgan fingerprint density at radius 1 is 1.00 bits per heavy atom. The Morgan fingerprint density at radius 2 is 1.66 bits per heavy atom. The van der Waals surface area contributed by atoms with Crippen molar-refractivity contribution in [3.05, 3.63) is 0 Å². The van der Waals surface area contributed by atoms with Crippen LogP contribution in [0.15, 0.2) is 0 Å². The number of ketones is 1. The van der Waals surface area contributed by atoms with Crippen molar-refractivity contribution < 1.29 is 52.8 Å². The van der Waals surface area contributed by atoms with Crippen molar-refractivity contribution in [3.8, 4) is 0 Å². The van der Waals surface area contributed by atoms with E-state index in [0.717, 1.165) is 6.42 Å². The van der Waals surface area contributed by atoms with Crippen LogP contribution < -0.4 is 10.6 Å². The fourth-order valence-electron chi connectivity index (χ4n) is 10.4. The highest BCUT2D eigenvalue weighted by atomic mass is 16.6. The molecule has 0 bridgehead atoms. The van der Waals surface area contributed by atoms with Crippen LogP contribution in [-0.2, 0) is 42.9 Å². The number of esters is 3. The summed E-state index contributed by atoms with van der Waals surface area (Å²) in [5, 5.41) is 15.7. The number of rotatable bonds is 10. The van der Waals surface area contributed by atoms with Crippen molar-refractivity contribution in [2.75, 3.05) is 13.7 Å². The number of methoxy groups -OCH3 is 1. The number of hydrogen-bond donors (Lipinski definition) is 3. The normalized spacial score (nSPS) is 36.0. The molecule has 0 saturated heterocycles. The molecular weight excluding hydrogens is 648 g/mol. The molecule has 282 valence electrons. The van der Waals surface area contributed by atoms with Gasteiger partial charge in [-0.2, -0.15) is 0 Å². The molecule has 1 unspecified atom stereocenters. The minimum atomic E-state index is -1.39. The number of carbonyl (C=O) groups is 6. The standard InChI is InChI=1S/C37H58N2O11/c1-19(10-13-28(43)47-9)24-11-12-25-29-27(49-21(3)42)17-22-16-23(48-20(2)41)14-15-36(22,7)30(29)31(32(44)37(24,25)8)39-33(45)26(18-40)38-34(46)50-35(4,5)6/h19,22-27,29-31,40H,10-18H2,1-9H3,(H,38,46)(H,39,45)/t19-,22+,23-,24-,25+,26?,27-,29-,30-,31+,36+,37-/m1/s1. The number of amides is 2. The summed E-state index contributed by atoms with van der Waals surface area (Å²) in [7, 11) is 1.35. The molecule has 0 heterocycles. The van der Waals surface area contributed by atoms with Gasteiger partial charge in [0.2, 0.25) is 5.91 Å². The van der Waals surface area contributed by atoms with Crippen molar-refractivity contribution in [3.63, 3.8) is 0 Å². The predicted octanol–water partition coefficient (Wildman–Crippen LogP) is 3.87. The number of carbonyl (C=O) groups excluding carboxylic acids is 6. The van der Waals surface area contributed by atoms with Gasteiger partial charge in [0.25, 0.3) is 0 Å². The second-order valence-electron chi connectivity index (χ2n) is 16.6. The van der Waals surface area contributed by atoms with Crippen LogP contribution >= 0.6 is 0 Å². The fourth-order valence-corrected chi connectivity index (χ4v) is 10.4. The van der Waals surface area contributed by atoms with Crippen LogP contribution in [0.4, 0.5) is 4.79 Å².